The van der Waals surface area contributed by atoms with Gasteiger partial charge in [0.05, 0.1) is 7.11 Å². The van der Waals surface area contributed by atoms with Crippen LogP contribution in [-0.2, 0) is 9.53 Å². The smallest absolute Gasteiger partial charge is 0.315 e. The minimum atomic E-state index is -0.940. The van der Waals surface area contributed by atoms with Gasteiger partial charge in [-0.1, -0.05) is 65.8 Å². The van der Waals surface area contributed by atoms with E-state index in [1.54, 1.807) is 0 Å². The molecule has 0 spiro atoms. The van der Waals surface area contributed by atoms with E-state index < -0.39 is 12.0 Å². The Balaban J connectivity index is 2.54. The maximum atomic E-state index is 12.0. The van der Waals surface area contributed by atoms with Crippen molar-refractivity contribution in [3.63, 3.8) is 0 Å². The van der Waals surface area contributed by atoms with E-state index in [1.807, 2.05) is 60.7 Å². The van der Waals surface area contributed by atoms with Gasteiger partial charge in [-0.3, -0.25) is 4.79 Å². The molecule has 0 bridgehead atoms. The molecule has 1 atom stereocenters. The molecule has 0 N–H and O–H groups in total. The monoisotopic (exact) mass is 281 g/mol. The molecule has 0 fully saturated rings. The summed E-state index contributed by atoms with van der Waals surface area (Å²) in [5, 5.41) is 3.65. The molecule has 0 aliphatic heterocycles. The first-order valence-corrected chi connectivity index (χ1v) is 6.50. The number of esters is 1. The highest BCUT2D eigenvalue weighted by atomic mass is 16.5. The lowest BCUT2D eigenvalue weighted by atomic mass is 9.85. The van der Waals surface area contributed by atoms with Gasteiger partial charge in [0.1, 0.15) is 6.04 Å². The Hall–Kier alpha value is -2.78. The van der Waals surface area contributed by atoms with Crippen molar-refractivity contribution in [1.82, 2.24) is 0 Å². The third kappa shape index (κ3) is 3.41. The minimum Gasteiger partial charge on any atom is -0.469 e. The van der Waals surface area contributed by atoms with Crippen LogP contribution < -0.4 is 0 Å². The van der Waals surface area contributed by atoms with E-state index in [4.69, 9.17) is 10.3 Å². The number of methoxy groups -OCH3 is 1. The topological polar surface area (TPSA) is 75.1 Å². The Labute approximate surface area is 122 Å². The second-order valence-electron chi connectivity index (χ2n) is 4.47. The summed E-state index contributed by atoms with van der Waals surface area (Å²) in [4.78, 5) is 14.8. The molecule has 2 aromatic rings. The predicted octanol–water partition coefficient (Wildman–Crippen LogP) is 3.67. The number of hydrogen-bond acceptors (Lipinski definition) is 3. The number of rotatable bonds is 5. The van der Waals surface area contributed by atoms with Gasteiger partial charge in [-0.25, -0.2) is 0 Å². The van der Waals surface area contributed by atoms with Crippen LogP contribution in [0.15, 0.2) is 65.8 Å². The largest absolute Gasteiger partial charge is 0.469 e. The molecular formula is C16H15N3O2. The van der Waals surface area contributed by atoms with E-state index in [2.05, 4.69) is 10.0 Å². The third-order valence-electron chi connectivity index (χ3n) is 3.25. The molecule has 106 valence electrons. The van der Waals surface area contributed by atoms with Crippen molar-refractivity contribution in [2.75, 3.05) is 7.11 Å². The molecule has 2 rings (SSSR count). The zero-order valence-corrected chi connectivity index (χ0v) is 11.6. The fraction of sp³-hybridized carbons (Fsp3) is 0.188. The molecule has 0 aliphatic rings. The second-order valence-corrected chi connectivity index (χ2v) is 4.47. The van der Waals surface area contributed by atoms with E-state index >= 15 is 0 Å². The zero-order valence-electron chi connectivity index (χ0n) is 11.6. The molecule has 5 heteroatoms. The number of hydrogen-bond donors (Lipinski definition) is 0. The van der Waals surface area contributed by atoms with Gasteiger partial charge in [0.15, 0.2) is 0 Å². The van der Waals surface area contributed by atoms with Crippen LogP contribution in [0.2, 0.25) is 0 Å². The first kappa shape index (κ1) is 14.6. The van der Waals surface area contributed by atoms with E-state index in [9.17, 15) is 4.79 Å². The summed E-state index contributed by atoms with van der Waals surface area (Å²) in [6, 6.07) is 18.0. The van der Waals surface area contributed by atoms with Crippen molar-refractivity contribution in [2.24, 2.45) is 5.11 Å². The summed E-state index contributed by atoms with van der Waals surface area (Å²) < 4.78 is 4.79. The fourth-order valence-corrected chi connectivity index (χ4v) is 2.30. The van der Waals surface area contributed by atoms with E-state index in [0.717, 1.165) is 11.1 Å². The van der Waals surface area contributed by atoms with Crippen LogP contribution >= 0.6 is 0 Å². The molecule has 5 nitrogen and oxygen atoms in total. The van der Waals surface area contributed by atoms with Crippen molar-refractivity contribution in [3.05, 3.63) is 82.2 Å². The van der Waals surface area contributed by atoms with Gasteiger partial charge in [0.2, 0.25) is 0 Å². The Morgan fingerprint density at radius 1 is 1.05 bits per heavy atom. The Kier molecular flexibility index (Phi) is 4.96. The highest BCUT2D eigenvalue weighted by molar-refractivity contribution is 5.78. The number of carbonyl (C=O) groups is 1. The molecule has 21 heavy (non-hydrogen) atoms. The van der Waals surface area contributed by atoms with Crippen LogP contribution in [0.25, 0.3) is 10.4 Å². The lowest BCUT2D eigenvalue weighted by Crippen LogP contribution is -2.28. The average Bonchev–Trinajstić information content (AvgIpc) is 2.55. The summed E-state index contributed by atoms with van der Waals surface area (Å²) in [5.41, 5.74) is 10.6. The van der Waals surface area contributed by atoms with E-state index in [-0.39, 0.29) is 5.92 Å². The molecule has 0 amide bonds. The van der Waals surface area contributed by atoms with Gasteiger partial charge in [-0.15, -0.1) is 0 Å². The zero-order chi connectivity index (χ0) is 15.1. The van der Waals surface area contributed by atoms with Crippen molar-refractivity contribution in [2.45, 2.75) is 12.0 Å². The van der Waals surface area contributed by atoms with Gasteiger partial charge >= 0.3 is 5.97 Å². The third-order valence-corrected chi connectivity index (χ3v) is 3.25. The first-order valence-electron chi connectivity index (χ1n) is 6.50. The first-order chi connectivity index (χ1) is 10.3. The lowest BCUT2D eigenvalue weighted by Gasteiger charge is -2.22. The molecule has 0 heterocycles. The highest BCUT2D eigenvalue weighted by Crippen LogP contribution is 2.30. The molecule has 0 radical (unpaired) electrons. The van der Waals surface area contributed by atoms with Crippen molar-refractivity contribution in [1.29, 1.82) is 0 Å². The normalized spacial score (nSPS) is 11.5. The summed E-state index contributed by atoms with van der Waals surface area (Å²) in [5.74, 6) is -0.929. The SMILES string of the molecule is COC(=O)C(N=[N+]=[N-])C(c1ccccc1)c1ccccc1. The van der Waals surface area contributed by atoms with E-state index in [0.29, 0.717) is 0 Å². The van der Waals surface area contributed by atoms with Crippen LogP contribution in [0.3, 0.4) is 0 Å². The summed E-state index contributed by atoms with van der Waals surface area (Å²) in [7, 11) is 1.29. The Morgan fingerprint density at radius 3 is 1.90 bits per heavy atom. The average molecular weight is 281 g/mol. The quantitative estimate of drug-likeness (QED) is 0.363. The molecule has 1 unspecified atom stereocenters. The number of carbonyl (C=O) groups excluding carboxylic acids is 1. The lowest BCUT2D eigenvalue weighted by molar-refractivity contribution is -0.142. The van der Waals surface area contributed by atoms with Gasteiger partial charge in [0, 0.05) is 10.8 Å². The number of nitrogens with zero attached hydrogens (tertiary/aromatic N) is 3. The van der Waals surface area contributed by atoms with Crippen LogP contribution in [0.4, 0.5) is 0 Å². The maximum absolute atomic E-state index is 12.0. The van der Waals surface area contributed by atoms with Crippen LogP contribution in [0, 0.1) is 0 Å². The van der Waals surface area contributed by atoms with Crippen LogP contribution in [0.5, 0.6) is 0 Å². The van der Waals surface area contributed by atoms with E-state index in [1.165, 1.54) is 7.11 Å². The van der Waals surface area contributed by atoms with Gasteiger partial charge in [-0.05, 0) is 16.7 Å². The Bertz CT molecular complexity index is 598. The fourth-order valence-electron chi connectivity index (χ4n) is 2.30. The standard InChI is InChI=1S/C16H15N3O2/c1-21-16(20)15(18-19-17)14(12-8-4-2-5-9-12)13-10-6-3-7-11-13/h2-11,14-15H,1H3. The summed E-state index contributed by atoms with van der Waals surface area (Å²) in [6.07, 6.45) is 0. The van der Waals surface area contributed by atoms with Crippen molar-refractivity contribution < 1.29 is 9.53 Å². The molecule has 0 saturated heterocycles. The molecular weight excluding hydrogens is 266 g/mol. The second kappa shape index (κ2) is 7.12. The van der Waals surface area contributed by atoms with Crippen molar-refractivity contribution >= 4 is 5.97 Å². The highest BCUT2D eigenvalue weighted by Gasteiger charge is 2.30. The molecule has 0 aromatic heterocycles. The molecule has 2 aromatic carbocycles. The summed E-state index contributed by atoms with van der Waals surface area (Å²) in [6.45, 7) is 0. The summed E-state index contributed by atoms with van der Waals surface area (Å²) >= 11 is 0. The molecule has 0 aliphatic carbocycles. The molecule has 0 saturated carbocycles. The Morgan fingerprint density at radius 2 is 1.52 bits per heavy atom. The predicted molar refractivity (Wildman–Crippen MR) is 79.7 cm³/mol. The van der Waals surface area contributed by atoms with Gasteiger partial charge < -0.3 is 4.74 Å². The number of azide groups is 1. The minimum absolute atomic E-state index is 0.379. The number of ether oxygens (including phenoxy) is 1. The van der Waals surface area contributed by atoms with Crippen LogP contribution in [-0.4, -0.2) is 19.1 Å². The van der Waals surface area contributed by atoms with Gasteiger partial charge in [-0.2, -0.15) is 0 Å². The van der Waals surface area contributed by atoms with Crippen LogP contribution in [0.1, 0.15) is 17.0 Å². The van der Waals surface area contributed by atoms with Crippen molar-refractivity contribution in [3.8, 4) is 0 Å². The van der Waals surface area contributed by atoms with Gasteiger partial charge in [0.25, 0.3) is 0 Å². The number of benzene rings is 2. The maximum Gasteiger partial charge on any atom is 0.315 e.